The number of rotatable bonds is 6. The molecule has 0 aliphatic heterocycles. The van der Waals surface area contributed by atoms with Gasteiger partial charge in [-0.2, -0.15) is 0 Å². The molecule has 0 unspecified atom stereocenters. The van der Waals surface area contributed by atoms with E-state index in [1.807, 2.05) is 12.1 Å². The molecule has 2 N–H and O–H groups in total. The Hall–Kier alpha value is -1.64. The molecule has 104 valence electrons. The molecule has 0 amide bonds. The van der Waals surface area contributed by atoms with Crippen molar-refractivity contribution in [3.05, 3.63) is 70.8 Å². The van der Waals surface area contributed by atoms with E-state index in [4.69, 9.17) is 5.11 Å². The standard InChI is InChI=1S/C18H21NO/c20-13-16-3-1-14(2-4-16)11-19-12-15-5-7-17(8-6-15)18-9-10-18/h1-8,18-20H,9-13H2. The van der Waals surface area contributed by atoms with Crippen molar-refractivity contribution in [3.63, 3.8) is 0 Å². The van der Waals surface area contributed by atoms with Crippen molar-refractivity contribution in [1.29, 1.82) is 0 Å². The minimum Gasteiger partial charge on any atom is -0.392 e. The van der Waals surface area contributed by atoms with Crippen LogP contribution in [0.2, 0.25) is 0 Å². The molecule has 2 aromatic rings. The summed E-state index contributed by atoms with van der Waals surface area (Å²) in [5.41, 5.74) is 5.04. The molecular weight excluding hydrogens is 246 g/mol. The number of aliphatic hydroxyl groups excluding tert-OH is 1. The molecule has 0 saturated heterocycles. The number of hydrogen-bond acceptors (Lipinski definition) is 2. The van der Waals surface area contributed by atoms with Crippen LogP contribution >= 0.6 is 0 Å². The monoisotopic (exact) mass is 267 g/mol. The average Bonchev–Trinajstić information content (AvgIpc) is 3.33. The van der Waals surface area contributed by atoms with Gasteiger partial charge in [-0.25, -0.2) is 0 Å². The molecule has 0 spiro atoms. The highest BCUT2D eigenvalue weighted by Gasteiger charge is 2.22. The third-order valence-electron chi connectivity index (χ3n) is 3.89. The van der Waals surface area contributed by atoms with Gasteiger partial charge in [-0.3, -0.25) is 0 Å². The van der Waals surface area contributed by atoms with Crippen LogP contribution in [0.15, 0.2) is 48.5 Å². The first-order valence-electron chi connectivity index (χ1n) is 7.33. The highest BCUT2D eigenvalue weighted by molar-refractivity contribution is 5.28. The normalized spacial score (nSPS) is 14.4. The lowest BCUT2D eigenvalue weighted by Gasteiger charge is -2.07. The van der Waals surface area contributed by atoms with E-state index in [9.17, 15) is 0 Å². The van der Waals surface area contributed by atoms with E-state index in [0.29, 0.717) is 0 Å². The smallest absolute Gasteiger partial charge is 0.0681 e. The molecule has 1 saturated carbocycles. The fraction of sp³-hybridized carbons (Fsp3) is 0.333. The maximum Gasteiger partial charge on any atom is 0.0681 e. The molecule has 0 aromatic heterocycles. The lowest BCUT2D eigenvalue weighted by Crippen LogP contribution is -2.12. The van der Waals surface area contributed by atoms with Crippen molar-refractivity contribution in [2.24, 2.45) is 0 Å². The zero-order valence-corrected chi connectivity index (χ0v) is 11.7. The summed E-state index contributed by atoms with van der Waals surface area (Å²) in [5.74, 6) is 0.835. The summed E-state index contributed by atoms with van der Waals surface area (Å²) in [5, 5.41) is 12.5. The van der Waals surface area contributed by atoms with E-state index < -0.39 is 0 Å². The van der Waals surface area contributed by atoms with Crippen molar-refractivity contribution in [2.45, 2.75) is 38.5 Å². The summed E-state index contributed by atoms with van der Waals surface area (Å²) in [7, 11) is 0. The van der Waals surface area contributed by atoms with Crippen molar-refractivity contribution in [1.82, 2.24) is 5.32 Å². The minimum atomic E-state index is 0.112. The van der Waals surface area contributed by atoms with Gasteiger partial charge in [0.25, 0.3) is 0 Å². The third kappa shape index (κ3) is 3.47. The predicted octanol–water partition coefficient (Wildman–Crippen LogP) is 3.35. The van der Waals surface area contributed by atoms with Crippen LogP contribution in [-0.2, 0) is 19.7 Å². The summed E-state index contributed by atoms with van der Waals surface area (Å²) in [6.07, 6.45) is 2.73. The Morgan fingerprint density at radius 3 is 1.80 bits per heavy atom. The fourth-order valence-electron chi connectivity index (χ4n) is 2.44. The van der Waals surface area contributed by atoms with Crippen molar-refractivity contribution < 1.29 is 5.11 Å². The Morgan fingerprint density at radius 1 is 0.800 bits per heavy atom. The lowest BCUT2D eigenvalue weighted by molar-refractivity contribution is 0.282. The van der Waals surface area contributed by atoms with Crippen LogP contribution in [0.5, 0.6) is 0 Å². The van der Waals surface area contributed by atoms with Gasteiger partial charge in [0.1, 0.15) is 0 Å². The van der Waals surface area contributed by atoms with Crippen LogP contribution in [0.25, 0.3) is 0 Å². The van der Waals surface area contributed by atoms with Crippen LogP contribution in [0.3, 0.4) is 0 Å². The molecular formula is C18H21NO. The quantitative estimate of drug-likeness (QED) is 0.841. The molecule has 1 aliphatic rings. The van der Waals surface area contributed by atoms with Crippen LogP contribution < -0.4 is 5.32 Å². The minimum absolute atomic E-state index is 0.112. The van der Waals surface area contributed by atoms with Crippen molar-refractivity contribution in [2.75, 3.05) is 0 Å². The van der Waals surface area contributed by atoms with Gasteiger partial charge in [-0.1, -0.05) is 48.5 Å². The molecule has 3 rings (SSSR count). The van der Waals surface area contributed by atoms with Crippen LogP contribution in [0, 0.1) is 0 Å². The van der Waals surface area contributed by atoms with Crippen molar-refractivity contribution >= 4 is 0 Å². The second-order valence-electron chi connectivity index (χ2n) is 5.59. The first kappa shape index (κ1) is 13.3. The van der Waals surface area contributed by atoms with Gasteiger partial charge in [-0.15, -0.1) is 0 Å². The van der Waals surface area contributed by atoms with Crippen LogP contribution in [0.4, 0.5) is 0 Å². The second-order valence-corrected chi connectivity index (χ2v) is 5.59. The van der Waals surface area contributed by atoms with Gasteiger partial charge in [0.2, 0.25) is 0 Å². The van der Waals surface area contributed by atoms with E-state index in [1.165, 1.54) is 29.5 Å². The summed E-state index contributed by atoms with van der Waals surface area (Å²) >= 11 is 0. The van der Waals surface area contributed by atoms with E-state index in [1.54, 1.807) is 0 Å². The maximum atomic E-state index is 9.00. The summed E-state index contributed by atoms with van der Waals surface area (Å²) in [6, 6.07) is 17.1. The van der Waals surface area contributed by atoms with Crippen molar-refractivity contribution in [3.8, 4) is 0 Å². The predicted molar refractivity (Wildman–Crippen MR) is 81.3 cm³/mol. The van der Waals surface area contributed by atoms with Gasteiger partial charge in [0, 0.05) is 13.1 Å². The maximum absolute atomic E-state index is 9.00. The summed E-state index contributed by atoms with van der Waals surface area (Å²) < 4.78 is 0. The number of nitrogens with one attached hydrogen (secondary N) is 1. The Balaban J connectivity index is 1.48. The fourth-order valence-corrected chi connectivity index (χ4v) is 2.44. The molecule has 2 nitrogen and oxygen atoms in total. The second kappa shape index (κ2) is 6.21. The molecule has 1 aliphatic carbocycles. The Morgan fingerprint density at radius 2 is 1.30 bits per heavy atom. The number of benzene rings is 2. The van der Waals surface area contributed by atoms with Gasteiger partial charge in [0.05, 0.1) is 6.61 Å². The molecule has 0 bridgehead atoms. The van der Waals surface area contributed by atoms with Gasteiger partial charge < -0.3 is 10.4 Å². The zero-order valence-electron chi connectivity index (χ0n) is 11.7. The summed E-state index contributed by atoms with van der Waals surface area (Å²) in [4.78, 5) is 0. The van der Waals surface area contributed by atoms with Gasteiger partial charge in [-0.05, 0) is 41.0 Å². The molecule has 1 fully saturated rings. The van der Waals surface area contributed by atoms with Gasteiger partial charge in [0.15, 0.2) is 0 Å². The average molecular weight is 267 g/mol. The molecule has 2 aromatic carbocycles. The van der Waals surface area contributed by atoms with E-state index in [-0.39, 0.29) is 6.61 Å². The Labute approximate surface area is 120 Å². The summed E-state index contributed by atoms with van der Waals surface area (Å²) in [6.45, 7) is 1.86. The Bertz CT molecular complexity index is 541. The van der Waals surface area contributed by atoms with Crippen LogP contribution in [0.1, 0.15) is 41.0 Å². The number of aliphatic hydroxyl groups is 1. The first-order chi connectivity index (χ1) is 9.85. The Kier molecular flexibility index (Phi) is 4.14. The molecule has 20 heavy (non-hydrogen) atoms. The van der Waals surface area contributed by atoms with Crippen LogP contribution in [-0.4, -0.2) is 5.11 Å². The zero-order chi connectivity index (χ0) is 13.8. The number of hydrogen-bond donors (Lipinski definition) is 2. The van der Waals surface area contributed by atoms with E-state index in [2.05, 4.69) is 41.7 Å². The largest absolute Gasteiger partial charge is 0.392 e. The first-order valence-corrected chi connectivity index (χ1v) is 7.33. The van der Waals surface area contributed by atoms with E-state index >= 15 is 0 Å². The topological polar surface area (TPSA) is 32.3 Å². The van der Waals surface area contributed by atoms with Gasteiger partial charge >= 0.3 is 0 Å². The highest BCUT2D eigenvalue weighted by atomic mass is 16.3. The highest BCUT2D eigenvalue weighted by Crippen LogP contribution is 2.39. The molecule has 0 heterocycles. The van der Waals surface area contributed by atoms with E-state index in [0.717, 1.165) is 24.6 Å². The molecule has 0 atom stereocenters. The molecule has 2 heteroatoms. The lowest BCUT2D eigenvalue weighted by atomic mass is 10.1. The SMILES string of the molecule is OCc1ccc(CNCc2ccc(C3CC3)cc2)cc1. The third-order valence-corrected chi connectivity index (χ3v) is 3.89. The molecule has 0 radical (unpaired) electrons.